The van der Waals surface area contributed by atoms with E-state index in [1.807, 2.05) is 14.0 Å². The van der Waals surface area contributed by atoms with Gasteiger partial charge in [-0.1, -0.05) is 6.92 Å². The van der Waals surface area contributed by atoms with E-state index in [1.54, 1.807) is 6.20 Å². The molecule has 0 aliphatic carbocycles. The van der Waals surface area contributed by atoms with Gasteiger partial charge in [-0.2, -0.15) is 5.10 Å². The molecule has 5 nitrogen and oxygen atoms in total. The van der Waals surface area contributed by atoms with Crippen molar-refractivity contribution in [2.24, 2.45) is 0 Å². The second-order valence-corrected chi connectivity index (χ2v) is 5.39. The van der Waals surface area contributed by atoms with Crippen LogP contribution in [0.5, 0.6) is 0 Å². The molecule has 1 saturated heterocycles. The Bertz CT molecular complexity index is 474. The third kappa shape index (κ3) is 2.59. The first-order chi connectivity index (χ1) is 8.67. The molecule has 0 saturated carbocycles. The number of aryl methyl sites for hydroxylation is 1. The second-order valence-electron chi connectivity index (χ2n) is 4.59. The lowest BCUT2D eigenvalue weighted by molar-refractivity contribution is 0.564. The van der Waals surface area contributed by atoms with Crippen molar-refractivity contribution < 1.29 is 0 Å². The number of aromatic nitrogens is 2. The van der Waals surface area contributed by atoms with Gasteiger partial charge in [0.15, 0.2) is 0 Å². The Hall–Kier alpha value is -0.880. The molecule has 100 valence electrons. The van der Waals surface area contributed by atoms with Gasteiger partial charge in [-0.05, 0) is 35.8 Å². The van der Waals surface area contributed by atoms with Crippen LogP contribution >= 0.6 is 15.9 Å². The maximum atomic E-state index is 12.1. The van der Waals surface area contributed by atoms with E-state index in [1.165, 1.54) is 4.68 Å². The summed E-state index contributed by atoms with van der Waals surface area (Å²) in [5.41, 5.74) is 0.868. The van der Waals surface area contributed by atoms with Crippen LogP contribution in [0.2, 0.25) is 0 Å². The van der Waals surface area contributed by atoms with E-state index in [9.17, 15) is 4.79 Å². The van der Waals surface area contributed by atoms with E-state index in [4.69, 9.17) is 0 Å². The molecular weight excluding hydrogens is 296 g/mol. The number of nitrogens with one attached hydrogen (secondary N) is 1. The van der Waals surface area contributed by atoms with Crippen LogP contribution in [0.15, 0.2) is 15.5 Å². The summed E-state index contributed by atoms with van der Waals surface area (Å²) in [6.45, 7) is 4.59. The van der Waals surface area contributed by atoms with Crippen LogP contribution in [0.4, 0.5) is 5.69 Å². The standard InChI is InChI=1S/C12H19BrN4O/c1-3-5-17-12(18)11(13)10(7-15-17)16-6-4-9(8-16)14-2/h7,9,14H,3-6,8H2,1-2H3. The van der Waals surface area contributed by atoms with Gasteiger partial charge in [-0.15, -0.1) is 0 Å². The zero-order valence-electron chi connectivity index (χ0n) is 10.8. The van der Waals surface area contributed by atoms with Crippen molar-refractivity contribution >= 4 is 21.6 Å². The highest BCUT2D eigenvalue weighted by atomic mass is 79.9. The third-order valence-corrected chi connectivity index (χ3v) is 4.08. The van der Waals surface area contributed by atoms with Crippen molar-refractivity contribution in [3.63, 3.8) is 0 Å². The van der Waals surface area contributed by atoms with Crippen LogP contribution in [0.1, 0.15) is 19.8 Å². The van der Waals surface area contributed by atoms with Crippen molar-refractivity contribution in [2.45, 2.75) is 32.4 Å². The molecule has 1 fully saturated rings. The van der Waals surface area contributed by atoms with Gasteiger partial charge in [0, 0.05) is 25.7 Å². The molecule has 2 heterocycles. The highest BCUT2D eigenvalue weighted by molar-refractivity contribution is 9.10. The molecule has 1 aromatic rings. The number of hydrogen-bond acceptors (Lipinski definition) is 4. The number of nitrogens with zero attached hydrogens (tertiary/aromatic N) is 3. The number of halogens is 1. The number of likely N-dealkylation sites (N-methyl/N-ethyl adjacent to an activating group) is 1. The van der Waals surface area contributed by atoms with E-state index >= 15 is 0 Å². The summed E-state index contributed by atoms with van der Waals surface area (Å²) in [5, 5.41) is 7.51. The lowest BCUT2D eigenvalue weighted by Crippen LogP contribution is -2.32. The van der Waals surface area contributed by atoms with Gasteiger partial charge in [0.2, 0.25) is 0 Å². The molecular formula is C12H19BrN4O. The maximum Gasteiger partial charge on any atom is 0.283 e. The van der Waals surface area contributed by atoms with Gasteiger partial charge in [0.25, 0.3) is 5.56 Å². The fraction of sp³-hybridized carbons (Fsp3) is 0.667. The molecule has 1 aliphatic heterocycles. The van der Waals surface area contributed by atoms with Gasteiger partial charge in [0.1, 0.15) is 4.47 Å². The largest absolute Gasteiger partial charge is 0.368 e. The quantitative estimate of drug-likeness (QED) is 0.907. The summed E-state index contributed by atoms with van der Waals surface area (Å²) in [6.07, 6.45) is 3.80. The van der Waals surface area contributed by atoms with Crippen molar-refractivity contribution in [1.82, 2.24) is 15.1 Å². The smallest absolute Gasteiger partial charge is 0.283 e. The van der Waals surface area contributed by atoms with Crippen molar-refractivity contribution in [1.29, 1.82) is 0 Å². The van der Waals surface area contributed by atoms with E-state index in [0.717, 1.165) is 31.6 Å². The van der Waals surface area contributed by atoms with Gasteiger partial charge < -0.3 is 10.2 Å². The molecule has 6 heteroatoms. The summed E-state index contributed by atoms with van der Waals surface area (Å²) in [4.78, 5) is 14.3. The second kappa shape index (κ2) is 5.84. The minimum Gasteiger partial charge on any atom is -0.368 e. The minimum atomic E-state index is -0.0396. The molecule has 0 radical (unpaired) electrons. The summed E-state index contributed by atoms with van der Waals surface area (Å²) < 4.78 is 2.14. The Morgan fingerprint density at radius 1 is 1.61 bits per heavy atom. The zero-order chi connectivity index (χ0) is 13.1. The topological polar surface area (TPSA) is 50.2 Å². The van der Waals surface area contributed by atoms with Crippen molar-refractivity contribution in [3.8, 4) is 0 Å². The Balaban J connectivity index is 2.25. The number of rotatable bonds is 4. The van der Waals surface area contributed by atoms with Crippen LogP contribution in [0.25, 0.3) is 0 Å². The predicted molar refractivity (Wildman–Crippen MR) is 76.2 cm³/mol. The summed E-state index contributed by atoms with van der Waals surface area (Å²) in [5.74, 6) is 0. The first kappa shape index (κ1) is 13.5. The SMILES string of the molecule is CCCn1ncc(N2CCC(NC)C2)c(Br)c1=O. The Morgan fingerprint density at radius 3 is 3.00 bits per heavy atom. The number of anilines is 1. The maximum absolute atomic E-state index is 12.1. The molecule has 1 unspecified atom stereocenters. The van der Waals surface area contributed by atoms with E-state index < -0.39 is 0 Å². The van der Waals surface area contributed by atoms with E-state index in [-0.39, 0.29) is 5.56 Å². The van der Waals surface area contributed by atoms with E-state index in [0.29, 0.717) is 17.1 Å². The number of hydrogen-bond donors (Lipinski definition) is 1. The summed E-state index contributed by atoms with van der Waals surface area (Å²) in [6, 6.07) is 0.495. The van der Waals surface area contributed by atoms with Gasteiger partial charge in [-0.25, -0.2) is 4.68 Å². The molecule has 0 bridgehead atoms. The van der Waals surface area contributed by atoms with Crippen LogP contribution in [0, 0.1) is 0 Å². The fourth-order valence-corrected chi connectivity index (χ4v) is 2.82. The fourth-order valence-electron chi connectivity index (χ4n) is 2.26. The minimum absolute atomic E-state index is 0.0396. The molecule has 0 amide bonds. The van der Waals surface area contributed by atoms with Crippen molar-refractivity contribution in [2.75, 3.05) is 25.0 Å². The monoisotopic (exact) mass is 314 g/mol. The zero-order valence-corrected chi connectivity index (χ0v) is 12.4. The van der Waals surface area contributed by atoms with Crippen LogP contribution < -0.4 is 15.8 Å². The Morgan fingerprint density at radius 2 is 2.39 bits per heavy atom. The molecule has 0 spiro atoms. The summed E-state index contributed by atoms with van der Waals surface area (Å²) >= 11 is 3.42. The first-order valence-electron chi connectivity index (χ1n) is 6.35. The Labute approximate surface area is 115 Å². The lowest BCUT2D eigenvalue weighted by atomic mass is 10.3. The molecule has 1 aromatic heterocycles. The van der Waals surface area contributed by atoms with Gasteiger partial charge in [-0.3, -0.25) is 4.79 Å². The molecule has 1 atom stereocenters. The molecule has 1 aliphatic rings. The molecule has 2 rings (SSSR count). The molecule has 18 heavy (non-hydrogen) atoms. The van der Waals surface area contributed by atoms with Crippen molar-refractivity contribution in [3.05, 3.63) is 21.0 Å². The average Bonchev–Trinajstić information content (AvgIpc) is 2.84. The van der Waals surface area contributed by atoms with E-state index in [2.05, 4.69) is 31.2 Å². The highest BCUT2D eigenvalue weighted by Gasteiger charge is 2.24. The molecule has 1 N–H and O–H groups in total. The Kier molecular flexibility index (Phi) is 4.40. The van der Waals surface area contributed by atoms with Gasteiger partial charge in [0.05, 0.1) is 11.9 Å². The molecule has 0 aromatic carbocycles. The predicted octanol–water partition coefficient (Wildman–Crippen LogP) is 1.21. The highest BCUT2D eigenvalue weighted by Crippen LogP contribution is 2.25. The van der Waals surface area contributed by atoms with Gasteiger partial charge >= 0.3 is 0 Å². The normalized spacial score (nSPS) is 19.5. The van der Waals surface area contributed by atoms with Crippen LogP contribution in [-0.2, 0) is 6.54 Å². The first-order valence-corrected chi connectivity index (χ1v) is 7.14. The van der Waals surface area contributed by atoms with Crippen LogP contribution in [0.3, 0.4) is 0 Å². The average molecular weight is 315 g/mol. The lowest BCUT2D eigenvalue weighted by Gasteiger charge is -2.19. The van der Waals surface area contributed by atoms with Crippen LogP contribution in [-0.4, -0.2) is 36.0 Å². The summed E-state index contributed by atoms with van der Waals surface area (Å²) in [7, 11) is 1.97. The third-order valence-electron chi connectivity index (χ3n) is 3.34.